The van der Waals surface area contributed by atoms with E-state index in [4.69, 9.17) is 10.9 Å². The van der Waals surface area contributed by atoms with Crippen LogP contribution in [0.4, 0.5) is 0 Å². The minimum Gasteiger partial charge on any atom is -0.409 e. The predicted molar refractivity (Wildman–Crippen MR) is 68.5 cm³/mol. The number of carbonyl (C=O) groups is 2. The maximum atomic E-state index is 12.4. The minimum absolute atomic E-state index is 0.00971. The molecule has 7 nitrogen and oxygen atoms in total. The summed E-state index contributed by atoms with van der Waals surface area (Å²) >= 11 is 0. The van der Waals surface area contributed by atoms with Crippen molar-refractivity contribution < 1.29 is 14.8 Å². The quantitative estimate of drug-likeness (QED) is 0.274. The Kier molecular flexibility index (Phi) is 3.64. The molecule has 0 aromatic heterocycles. The highest BCUT2D eigenvalue weighted by Crippen LogP contribution is 2.42. The summed E-state index contributed by atoms with van der Waals surface area (Å²) in [4.78, 5) is 25.4. The van der Waals surface area contributed by atoms with E-state index >= 15 is 0 Å². The molecule has 4 N–H and O–H groups in total. The first kappa shape index (κ1) is 13.6. The van der Waals surface area contributed by atoms with Gasteiger partial charge in [-0.25, -0.2) is 0 Å². The lowest BCUT2D eigenvalue weighted by atomic mass is 9.67. The third-order valence-electron chi connectivity index (χ3n) is 3.88. The molecular formula is C12H20N4O3. The van der Waals surface area contributed by atoms with E-state index < -0.39 is 5.41 Å². The molecule has 0 bridgehead atoms. The number of oxime groups is 1. The molecule has 0 aromatic carbocycles. The molecule has 0 atom stereocenters. The zero-order valence-corrected chi connectivity index (χ0v) is 11.1. The zero-order valence-electron chi connectivity index (χ0n) is 11.1. The molecule has 2 rings (SSSR count). The number of nitrogens with zero attached hydrogens (tertiary/aromatic N) is 2. The van der Waals surface area contributed by atoms with Crippen LogP contribution in [0.15, 0.2) is 5.16 Å². The molecule has 2 aliphatic carbocycles. The molecule has 0 unspecified atom stereocenters. The summed E-state index contributed by atoms with van der Waals surface area (Å²) in [6.45, 7) is 0.00971. The van der Waals surface area contributed by atoms with Crippen LogP contribution in [0.1, 0.15) is 32.1 Å². The van der Waals surface area contributed by atoms with E-state index in [2.05, 4.69) is 10.5 Å². The standard InChI is InChI=1S/C12H20N4O3/c1-16(7-9(17)14-8-3-4-8)11(18)12(5-2-6-12)10(13)15-19/h8,19H,2-7H2,1H3,(H2,13,15)(H,14,17). The molecular weight excluding hydrogens is 248 g/mol. The number of nitrogens with one attached hydrogen (secondary N) is 1. The number of amides is 2. The normalized spacial score (nSPS) is 21.4. The van der Waals surface area contributed by atoms with Crippen molar-refractivity contribution in [3.8, 4) is 0 Å². The summed E-state index contributed by atoms with van der Waals surface area (Å²) in [5, 5.41) is 14.6. The third-order valence-corrected chi connectivity index (χ3v) is 3.88. The first-order valence-electron chi connectivity index (χ1n) is 6.52. The van der Waals surface area contributed by atoms with Crippen molar-refractivity contribution in [2.45, 2.75) is 38.1 Å². The molecule has 2 amide bonds. The van der Waals surface area contributed by atoms with E-state index in [1.807, 2.05) is 0 Å². The smallest absolute Gasteiger partial charge is 0.239 e. The van der Waals surface area contributed by atoms with E-state index in [1.165, 1.54) is 4.90 Å². The fraction of sp³-hybridized carbons (Fsp3) is 0.750. The lowest BCUT2D eigenvalue weighted by molar-refractivity contribution is -0.143. The topological polar surface area (TPSA) is 108 Å². The number of nitrogens with two attached hydrogens (primary N) is 1. The van der Waals surface area contributed by atoms with Gasteiger partial charge in [0.2, 0.25) is 11.8 Å². The van der Waals surface area contributed by atoms with Crippen LogP contribution in [0.2, 0.25) is 0 Å². The Morgan fingerprint density at radius 2 is 2.11 bits per heavy atom. The van der Waals surface area contributed by atoms with Gasteiger partial charge in [-0.2, -0.15) is 0 Å². The Hall–Kier alpha value is -1.79. The summed E-state index contributed by atoms with van der Waals surface area (Å²) < 4.78 is 0. The van der Waals surface area contributed by atoms with E-state index in [-0.39, 0.29) is 30.2 Å². The number of hydrogen-bond donors (Lipinski definition) is 3. The monoisotopic (exact) mass is 268 g/mol. The molecule has 2 aliphatic rings. The van der Waals surface area contributed by atoms with Crippen molar-refractivity contribution in [1.82, 2.24) is 10.2 Å². The van der Waals surface area contributed by atoms with Crippen molar-refractivity contribution >= 4 is 17.6 Å². The van der Waals surface area contributed by atoms with E-state index in [0.29, 0.717) is 12.8 Å². The van der Waals surface area contributed by atoms with Crippen LogP contribution in [0, 0.1) is 5.41 Å². The number of rotatable bonds is 5. The largest absolute Gasteiger partial charge is 0.409 e. The highest BCUT2D eigenvalue weighted by Gasteiger charge is 2.49. The average molecular weight is 268 g/mol. The van der Waals surface area contributed by atoms with Crippen LogP contribution in [0.3, 0.4) is 0 Å². The Morgan fingerprint density at radius 1 is 1.47 bits per heavy atom. The predicted octanol–water partition coefficient (Wildman–Crippen LogP) is -0.360. The molecule has 2 saturated carbocycles. The average Bonchev–Trinajstić information content (AvgIpc) is 3.10. The van der Waals surface area contributed by atoms with Crippen LogP contribution in [-0.2, 0) is 9.59 Å². The third kappa shape index (κ3) is 2.64. The summed E-state index contributed by atoms with van der Waals surface area (Å²) in [5.74, 6) is -0.467. The maximum absolute atomic E-state index is 12.4. The van der Waals surface area contributed by atoms with Gasteiger partial charge in [0, 0.05) is 13.1 Å². The molecule has 0 spiro atoms. The Morgan fingerprint density at radius 3 is 2.53 bits per heavy atom. The molecule has 7 heteroatoms. The second-order valence-electron chi connectivity index (χ2n) is 5.42. The molecule has 0 saturated heterocycles. The van der Waals surface area contributed by atoms with Gasteiger partial charge in [0.1, 0.15) is 5.41 Å². The van der Waals surface area contributed by atoms with Gasteiger partial charge in [0.25, 0.3) is 0 Å². The first-order valence-corrected chi connectivity index (χ1v) is 6.52. The van der Waals surface area contributed by atoms with Crippen molar-refractivity contribution in [2.75, 3.05) is 13.6 Å². The second kappa shape index (κ2) is 5.07. The van der Waals surface area contributed by atoms with Gasteiger partial charge in [-0.05, 0) is 25.7 Å². The number of likely N-dealkylation sites (N-methyl/N-ethyl adjacent to an activating group) is 1. The van der Waals surface area contributed by atoms with Crippen LogP contribution in [0.25, 0.3) is 0 Å². The van der Waals surface area contributed by atoms with Crippen molar-refractivity contribution in [3.63, 3.8) is 0 Å². The fourth-order valence-electron chi connectivity index (χ4n) is 2.36. The molecule has 0 aliphatic heterocycles. The van der Waals surface area contributed by atoms with Crippen LogP contribution in [0.5, 0.6) is 0 Å². The Balaban J connectivity index is 1.95. The van der Waals surface area contributed by atoms with E-state index in [1.54, 1.807) is 7.05 Å². The molecule has 0 radical (unpaired) electrons. The number of amidine groups is 1. The van der Waals surface area contributed by atoms with Crippen LogP contribution in [-0.4, -0.2) is 47.4 Å². The maximum Gasteiger partial charge on any atom is 0.239 e. The zero-order chi connectivity index (χ0) is 14.0. The number of carbonyl (C=O) groups excluding carboxylic acids is 2. The molecule has 0 aromatic rings. The van der Waals surface area contributed by atoms with Gasteiger partial charge < -0.3 is 21.2 Å². The Bertz CT molecular complexity index is 413. The summed E-state index contributed by atoms with van der Waals surface area (Å²) in [6.07, 6.45) is 4.02. The van der Waals surface area contributed by atoms with E-state index in [9.17, 15) is 9.59 Å². The molecule has 19 heavy (non-hydrogen) atoms. The summed E-state index contributed by atoms with van der Waals surface area (Å²) in [6, 6.07) is 0.276. The summed E-state index contributed by atoms with van der Waals surface area (Å²) in [5.41, 5.74) is 4.71. The van der Waals surface area contributed by atoms with Gasteiger partial charge in [-0.15, -0.1) is 0 Å². The van der Waals surface area contributed by atoms with Crippen molar-refractivity contribution in [2.24, 2.45) is 16.3 Å². The van der Waals surface area contributed by atoms with Crippen LogP contribution >= 0.6 is 0 Å². The lowest BCUT2D eigenvalue weighted by Gasteiger charge is -2.41. The van der Waals surface area contributed by atoms with Crippen molar-refractivity contribution in [3.05, 3.63) is 0 Å². The van der Waals surface area contributed by atoms with Gasteiger partial charge in [-0.1, -0.05) is 11.6 Å². The molecule has 106 valence electrons. The molecule has 2 fully saturated rings. The highest BCUT2D eigenvalue weighted by molar-refractivity contribution is 6.08. The fourth-order valence-corrected chi connectivity index (χ4v) is 2.36. The van der Waals surface area contributed by atoms with E-state index in [0.717, 1.165) is 19.3 Å². The first-order chi connectivity index (χ1) is 8.99. The lowest BCUT2D eigenvalue weighted by Crippen LogP contribution is -2.55. The highest BCUT2D eigenvalue weighted by atomic mass is 16.4. The van der Waals surface area contributed by atoms with Crippen molar-refractivity contribution in [1.29, 1.82) is 0 Å². The summed E-state index contributed by atoms with van der Waals surface area (Å²) in [7, 11) is 1.57. The second-order valence-corrected chi connectivity index (χ2v) is 5.42. The SMILES string of the molecule is CN(CC(=O)NC1CC1)C(=O)C1(C(N)=NO)CCC1. The van der Waals surface area contributed by atoms with Gasteiger partial charge >= 0.3 is 0 Å². The van der Waals surface area contributed by atoms with Gasteiger partial charge in [0.15, 0.2) is 5.84 Å². The number of hydrogen-bond acceptors (Lipinski definition) is 4. The van der Waals surface area contributed by atoms with Crippen LogP contribution < -0.4 is 11.1 Å². The minimum atomic E-state index is -0.913. The van der Waals surface area contributed by atoms with Gasteiger partial charge in [0.05, 0.1) is 6.54 Å². The van der Waals surface area contributed by atoms with Gasteiger partial charge in [-0.3, -0.25) is 9.59 Å². The Labute approximate surface area is 111 Å². The molecule has 0 heterocycles.